The van der Waals surface area contributed by atoms with Crippen molar-refractivity contribution in [2.45, 2.75) is 72.4 Å². The lowest BCUT2D eigenvalue weighted by Crippen LogP contribution is -2.39. The van der Waals surface area contributed by atoms with Gasteiger partial charge in [0, 0.05) is 18.9 Å². The number of carbonyl (C=O) groups excluding carboxylic acids is 1. The van der Waals surface area contributed by atoms with Crippen LogP contribution in [0.25, 0.3) is 0 Å². The molecule has 1 rings (SSSR count). The van der Waals surface area contributed by atoms with Crippen LogP contribution in [-0.2, 0) is 25.6 Å². The van der Waals surface area contributed by atoms with Crippen LogP contribution in [0.2, 0.25) is 0 Å². The predicted octanol–water partition coefficient (Wildman–Crippen LogP) is 4.62. The van der Waals surface area contributed by atoms with Gasteiger partial charge >= 0.3 is 5.97 Å². The first-order chi connectivity index (χ1) is 13.6. The average Bonchev–Trinajstić information content (AvgIpc) is 2.65. The minimum absolute atomic E-state index is 0.00969. The van der Waals surface area contributed by atoms with Crippen molar-refractivity contribution < 1.29 is 23.7 Å². The van der Waals surface area contributed by atoms with Crippen molar-refractivity contribution in [2.75, 3.05) is 14.2 Å². The molecule has 0 saturated heterocycles. The minimum atomic E-state index is -0.524. The Balaban J connectivity index is 2.89. The lowest BCUT2D eigenvalue weighted by Gasteiger charge is -2.32. The largest absolute Gasteiger partial charge is 0.497 e. The van der Waals surface area contributed by atoms with E-state index >= 15 is 0 Å². The molecule has 0 amide bonds. The second kappa shape index (κ2) is 11.8. The summed E-state index contributed by atoms with van der Waals surface area (Å²) in [4.78, 5) is 12.3. The molecule has 162 valence electrons. The van der Waals surface area contributed by atoms with Crippen LogP contribution in [0.15, 0.2) is 24.3 Å². The van der Waals surface area contributed by atoms with E-state index in [1.54, 1.807) is 14.2 Å². The molecule has 0 unspecified atom stereocenters. The average molecular weight is 405 g/mol. The minimum Gasteiger partial charge on any atom is -0.497 e. The van der Waals surface area contributed by atoms with Crippen molar-refractivity contribution in [3.8, 4) is 17.6 Å². The zero-order valence-electron chi connectivity index (χ0n) is 19.1. The highest BCUT2D eigenvalue weighted by atomic mass is 16.6. The van der Waals surface area contributed by atoms with Crippen LogP contribution in [0.5, 0.6) is 5.75 Å². The number of rotatable bonds is 10. The van der Waals surface area contributed by atoms with E-state index in [1.807, 2.05) is 65.8 Å². The van der Waals surface area contributed by atoms with Crippen LogP contribution in [0.4, 0.5) is 0 Å². The van der Waals surface area contributed by atoms with Gasteiger partial charge < -0.3 is 18.9 Å². The summed E-state index contributed by atoms with van der Waals surface area (Å²) in [7, 11) is 3.26. The third-order valence-corrected chi connectivity index (χ3v) is 4.66. The van der Waals surface area contributed by atoms with Gasteiger partial charge in [0.1, 0.15) is 11.4 Å². The highest BCUT2D eigenvalue weighted by Crippen LogP contribution is 2.26. The number of benzene rings is 1. The fourth-order valence-electron chi connectivity index (χ4n) is 3.22. The highest BCUT2D eigenvalue weighted by Gasteiger charge is 2.32. The van der Waals surface area contributed by atoms with Crippen LogP contribution in [0.1, 0.15) is 53.5 Å². The van der Waals surface area contributed by atoms with Crippen molar-refractivity contribution in [3.05, 3.63) is 29.8 Å². The molecule has 0 aliphatic carbocycles. The lowest BCUT2D eigenvalue weighted by molar-refractivity contribution is -0.160. The third-order valence-electron chi connectivity index (χ3n) is 4.66. The molecular formula is C24H36O5. The molecule has 0 radical (unpaired) electrons. The van der Waals surface area contributed by atoms with Gasteiger partial charge in [0.25, 0.3) is 0 Å². The Bertz CT molecular complexity index is 678. The summed E-state index contributed by atoms with van der Waals surface area (Å²) in [5.74, 6) is 6.61. The van der Waals surface area contributed by atoms with Crippen LogP contribution in [-0.4, -0.2) is 38.0 Å². The van der Waals surface area contributed by atoms with E-state index in [4.69, 9.17) is 18.9 Å². The number of carbonyl (C=O) groups is 1. The fourth-order valence-corrected chi connectivity index (χ4v) is 3.22. The van der Waals surface area contributed by atoms with Crippen LogP contribution in [0.3, 0.4) is 0 Å². The summed E-state index contributed by atoms with van der Waals surface area (Å²) in [6.07, 6.45) is -0.354. The number of hydrogen-bond acceptors (Lipinski definition) is 5. The van der Waals surface area contributed by atoms with Gasteiger partial charge in [0.2, 0.25) is 0 Å². The molecule has 0 bridgehead atoms. The molecule has 0 N–H and O–H groups in total. The zero-order chi connectivity index (χ0) is 22.0. The number of esters is 1. The zero-order valence-corrected chi connectivity index (χ0v) is 19.1. The van der Waals surface area contributed by atoms with Crippen molar-refractivity contribution in [3.63, 3.8) is 0 Å². The highest BCUT2D eigenvalue weighted by molar-refractivity contribution is 5.70. The van der Waals surface area contributed by atoms with Crippen molar-refractivity contribution >= 4 is 5.97 Å². The fraction of sp³-hybridized carbons (Fsp3) is 0.625. The summed E-state index contributed by atoms with van der Waals surface area (Å²) in [5, 5.41) is 0. The summed E-state index contributed by atoms with van der Waals surface area (Å²) in [6, 6.07) is 7.77. The molecule has 0 fully saturated rings. The Labute approximate surface area is 176 Å². The Morgan fingerprint density at radius 2 is 1.72 bits per heavy atom. The molecule has 1 aromatic rings. The van der Waals surface area contributed by atoms with Crippen LogP contribution in [0, 0.1) is 23.7 Å². The van der Waals surface area contributed by atoms with E-state index in [1.165, 1.54) is 0 Å². The molecule has 5 heteroatoms. The van der Waals surface area contributed by atoms with E-state index in [0.717, 1.165) is 11.3 Å². The smallest absolute Gasteiger partial charge is 0.308 e. The molecule has 29 heavy (non-hydrogen) atoms. The Morgan fingerprint density at radius 1 is 1.10 bits per heavy atom. The van der Waals surface area contributed by atoms with E-state index in [-0.39, 0.29) is 36.4 Å². The molecule has 0 aliphatic heterocycles. The van der Waals surface area contributed by atoms with Crippen molar-refractivity contribution in [1.29, 1.82) is 0 Å². The van der Waals surface area contributed by atoms with E-state index in [2.05, 4.69) is 11.8 Å². The SMILES string of the molecule is CC#C[C@@H](C)[C@@H](OCc1ccc(OC)cc1)[C@@H](C)[C@@H](CC(=O)OC(C)(C)C)OC. The molecule has 1 aromatic carbocycles. The quantitative estimate of drug-likeness (QED) is 0.421. The monoisotopic (exact) mass is 404 g/mol. The number of hydrogen-bond donors (Lipinski definition) is 0. The molecule has 0 aromatic heterocycles. The Hall–Kier alpha value is -2.03. The second-order valence-electron chi connectivity index (χ2n) is 8.23. The van der Waals surface area contributed by atoms with Crippen molar-refractivity contribution in [1.82, 2.24) is 0 Å². The first kappa shape index (κ1) is 25.0. The van der Waals surface area contributed by atoms with Crippen molar-refractivity contribution in [2.24, 2.45) is 11.8 Å². The van der Waals surface area contributed by atoms with Gasteiger partial charge in [-0.2, -0.15) is 0 Å². The predicted molar refractivity (Wildman–Crippen MR) is 115 cm³/mol. The summed E-state index contributed by atoms with van der Waals surface area (Å²) >= 11 is 0. The maximum atomic E-state index is 12.3. The number of methoxy groups -OCH3 is 2. The van der Waals surface area contributed by atoms with E-state index in [0.29, 0.717) is 6.61 Å². The molecule has 4 atom stereocenters. The first-order valence-electron chi connectivity index (χ1n) is 10.0. The summed E-state index contributed by atoms with van der Waals surface area (Å²) < 4.78 is 22.6. The maximum Gasteiger partial charge on any atom is 0.308 e. The number of ether oxygens (including phenoxy) is 4. The first-order valence-corrected chi connectivity index (χ1v) is 10.0. The van der Waals surface area contributed by atoms with Gasteiger partial charge in [-0.15, -0.1) is 5.92 Å². The van der Waals surface area contributed by atoms with E-state index < -0.39 is 5.60 Å². The molecule has 0 heterocycles. The Morgan fingerprint density at radius 3 is 2.21 bits per heavy atom. The molecule has 0 aliphatic rings. The normalized spacial score (nSPS) is 15.4. The van der Waals surface area contributed by atoms with Gasteiger partial charge in [-0.1, -0.05) is 25.0 Å². The van der Waals surface area contributed by atoms with Gasteiger partial charge in [0.05, 0.1) is 32.3 Å². The third kappa shape index (κ3) is 8.89. The van der Waals surface area contributed by atoms with Gasteiger partial charge in [-0.25, -0.2) is 0 Å². The molecule has 5 nitrogen and oxygen atoms in total. The van der Waals surface area contributed by atoms with Gasteiger partial charge in [-0.05, 0) is 52.3 Å². The molecular weight excluding hydrogens is 368 g/mol. The van der Waals surface area contributed by atoms with E-state index in [9.17, 15) is 4.79 Å². The standard InChI is InChI=1S/C24H36O5/c1-9-10-17(2)23(28-16-19-11-13-20(26-7)14-12-19)18(3)21(27-8)15-22(25)29-24(4,5)6/h11-14,17-18,21,23H,15-16H2,1-8H3/t17-,18+,21-,23-/m1/s1. The van der Waals surface area contributed by atoms with Crippen LogP contribution >= 0.6 is 0 Å². The maximum absolute atomic E-state index is 12.3. The lowest BCUT2D eigenvalue weighted by atomic mass is 9.87. The summed E-state index contributed by atoms with van der Waals surface area (Å²) in [6.45, 7) is 11.9. The van der Waals surface area contributed by atoms with Crippen LogP contribution < -0.4 is 4.74 Å². The van der Waals surface area contributed by atoms with Gasteiger partial charge in [0.15, 0.2) is 0 Å². The Kier molecular flexibility index (Phi) is 10.2. The topological polar surface area (TPSA) is 54.0 Å². The van der Waals surface area contributed by atoms with Gasteiger partial charge in [-0.3, -0.25) is 4.79 Å². The second-order valence-corrected chi connectivity index (χ2v) is 8.23. The molecule has 0 spiro atoms. The summed E-state index contributed by atoms with van der Waals surface area (Å²) in [5.41, 5.74) is 0.518. The molecule has 0 saturated carbocycles.